The van der Waals surface area contributed by atoms with Gasteiger partial charge in [0.15, 0.2) is 0 Å². The molecular weight excluding hydrogens is 212 g/mol. The molecule has 3 nitrogen and oxygen atoms in total. The number of hydrogen-bond acceptors (Lipinski definition) is 3. The maximum absolute atomic E-state index is 8.72. The molecule has 1 aromatic carbocycles. The Bertz CT molecular complexity index is 388. The summed E-state index contributed by atoms with van der Waals surface area (Å²) in [5.41, 5.74) is 4.93. The largest absolute Gasteiger partial charge is 0.298 e. The first-order chi connectivity index (χ1) is 8.29. The number of nitriles is 1. The summed E-state index contributed by atoms with van der Waals surface area (Å²) >= 11 is 0. The molecule has 3 heteroatoms. The Balaban J connectivity index is 1.85. The number of nitrogens with one attached hydrogen (secondary N) is 1. The Labute approximate surface area is 102 Å². The van der Waals surface area contributed by atoms with Gasteiger partial charge in [0.05, 0.1) is 23.8 Å². The van der Waals surface area contributed by atoms with Crippen LogP contribution in [0.5, 0.6) is 0 Å². The van der Waals surface area contributed by atoms with Gasteiger partial charge >= 0.3 is 0 Å². The van der Waals surface area contributed by atoms with Gasteiger partial charge in [-0.25, -0.2) is 0 Å². The Kier molecular flexibility index (Phi) is 4.13. The third kappa shape index (κ3) is 3.29. The van der Waals surface area contributed by atoms with Gasteiger partial charge in [-0.3, -0.25) is 4.84 Å². The van der Waals surface area contributed by atoms with Gasteiger partial charge in [0.1, 0.15) is 0 Å². The summed E-state index contributed by atoms with van der Waals surface area (Å²) in [5, 5.41) is 8.72. The first-order valence-corrected chi connectivity index (χ1v) is 6.21. The summed E-state index contributed by atoms with van der Waals surface area (Å²) in [6.45, 7) is 2.07. The third-order valence-electron chi connectivity index (χ3n) is 3.25. The van der Waals surface area contributed by atoms with Crippen LogP contribution in [0.2, 0.25) is 0 Å². The second kappa shape index (κ2) is 5.81. The predicted molar refractivity (Wildman–Crippen MR) is 66.0 cm³/mol. The molecular formula is C14H18N2O. The van der Waals surface area contributed by atoms with Gasteiger partial charge in [0.25, 0.3) is 0 Å². The van der Waals surface area contributed by atoms with Crippen molar-refractivity contribution in [3.63, 3.8) is 0 Å². The van der Waals surface area contributed by atoms with Crippen LogP contribution >= 0.6 is 0 Å². The second-order valence-electron chi connectivity index (χ2n) is 4.60. The highest BCUT2D eigenvalue weighted by Gasteiger charge is 2.16. The molecule has 1 N–H and O–H groups in total. The van der Waals surface area contributed by atoms with Crippen LogP contribution in [0.25, 0.3) is 0 Å². The fourth-order valence-electron chi connectivity index (χ4n) is 2.12. The zero-order chi connectivity index (χ0) is 12.1. The molecule has 0 radical (unpaired) electrons. The lowest BCUT2D eigenvalue weighted by molar-refractivity contribution is -0.0376. The van der Waals surface area contributed by atoms with Gasteiger partial charge in [-0.1, -0.05) is 25.0 Å². The minimum atomic E-state index is 0.156. The Hall–Kier alpha value is -1.37. The fraction of sp³-hybridized carbons (Fsp3) is 0.500. The van der Waals surface area contributed by atoms with Crippen molar-refractivity contribution >= 4 is 0 Å². The van der Waals surface area contributed by atoms with Gasteiger partial charge in [-0.15, -0.1) is 0 Å². The highest BCUT2D eigenvalue weighted by Crippen LogP contribution is 2.21. The van der Waals surface area contributed by atoms with Crippen LogP contribution in [0, 0.1) is 11.3 Å². The number of hydroxylamine groups is 1. The second-order valence-corrected chi connectivity index (χ2v) is 4.60. The highest BCUT2D eigenvalue weighted by atomic mass is 16.7. The van der Waals surface area contributed by atoms with Crippen LogP contribution in [0.3, 0.4) is 0 Å². The molecule has 1 fully saturated rings. The van der Waals surface area contributed by atoms with Crippen LogP contribution < -0.4 is 5.48 Å². The maximum atomic E-state index is 8.72. The molecule has 1 saturated carbocycles. The molecule has 0 heterocycles. The van der Waals surface area contributed by atoms with Crippen molar-refractivity contribution in [1.82, 2.24) is 5.48 Å². The first-order valence-electron chi connectivity index (χ1n) is 6.21. The fourth-order valence-corrected chi connectivity index (χ4v) is 2.12. The summed E-state index contributed by atoms with van der Waals surface area (Å²) in [7, 11) is 0. The SMILES string of the molecule is CC(NOC1CCCC1)c1ccc(C#N)cc1. The van der Waals surface area contributed by atoms with Crippen molar-refractivity contribution in [1.29, 1.82) is 5.26 Å². The highest BCUT2D eigenvalue weighted by molar-refractivity contribution is 5.32. The quantitative estimate of drug-likeness (QED) is 0.808. The van der Waals surface area contributed by atoms with E-state index in [1.54, 1.807) is 0 Å². The van der Waals surface area contributed by atoms with Gasteiger partial charge in [-0.2, -0.15) is 10.7 Å². The van der Waals surface area contributed by atoms with Crippen molar-refractivity contribution in [3.8, 4) is 6.07 Å². The van der Waals surface area contributed by atoms with Crippen LogP contribution in [0.15, 0.2) is 24.3 Å². The van der Waals surface area contributed by atoms with Crippen molar-refractivity contribution in [2.24, 2.45) is 0 Å². The number of benzene rings is 1. The molecule has 0 amide bonds. The lowest BCUT2D eigenvalue weighted by Crippen LogP contribution is -2.24. The predicted octanol–water partition coefficient (Wildman–Crippen LogP) is 3.08. The molecule has 1 aromatic rings. The molecule has 0 spiro atoms. The summed E-state index contributed by atoms with van der Waals surface area (Å²) in [4.78, 5) is 5.66. The van der Waals surface area contributed by atoms with E-state index in [1.807, 2.05) is 24.3 Å². The number of nitrogens with zero attached hydrogens (tertiary/aromatic N) is 1. The molecule has 0 saturated heterocycles. The van der Waals surface area contributed by atoms with Crippen molar-refractivity contribution < 1.29 is 4.84 Å². The van der Waals surface area contributed by atoms with Crippen LogP contribution in [-0.2, 0) is 4.84 Å². The van der Waals surface area contributed by atoms with E-state index < -0.39 is 0 Å². The van der Waals surface area contributed by atoms with Gasteiger partial charge in [0.2, 0.25) is 0 Å². The molecule has 1 aliphatic rings. The van der Waals surface area contributed by atoms with Gasteiger partial charge in [-0.05, 0) is 37.5 Å². The summed E-state index contributed by atoms with van der Waals surface area (Å²) in [5.74, 6) is 0. The summed E-state index contributed by atoms with van der Waals surface area (Å²) < 4.78 is 0. The van der Waals surface area contributed by atoms with E-state index in [9.17, 15) is 0 Å². The summed E-state index contributed by atoms with van der Waals surface area (Å²) in [6, 6.07) is 9.88. The monoisotopic (exact) mass is 230 g/mol. The Morgan fingerprint density at radius 2 is 1.94 bits per heavy atom. The maximum Gasteiger partial charge on any atom is 0.0991 e. The molecule has 1 aliphatic carbocycles. The first kappa shape index (κ1) is 12.1. The van der Waals surface area contributed by atoms with Crippen LogP contribution in [-0.4, -0.2) is 6.10 Å². The molecule has 0 bridgehead atoms. The zero-order valence-corrected chi connectivity index (χ0v) is 10.1. The van der Waals surface area contributed by atoms with Gasteiger partial charge < -0.3 is 0 Å². The van der Waals surface area contributed by atoms with E-state index in [4.69, 9.17) is 10.1 Å². The van der Waals surface area contributed by atoms with Crippen molar-refractivity contribution in [3.05, 3.63) is 35.4 Å². The normalized spacial score (nSPS) is 17.9. The molecule has 90 valence electrons. The van der Waals surface area contributed by atoms with E-state index in [1.165, 1.54) is 12.8 Å². The average Bonchev–Trinajstić information content (AvgIpc) is 2.89. The molecule has 17 heavy (non-hydrogen) atoms. The topological polar surface area (TPSA) is 45.0 Å². The lowest BCUT2D eigenvalue weighted by atomic mass is 10.1. The molecule has 2 rings (SSSR count). The minimum Gasteiger partial charge on any atom is -0.298 e. The van der Waals surface area contributed by atoms with Crippen molar-refractivity contribution in [2.45, 2.75) is 44.8 Å². The van der Waals surface area contributed by atoms with E-state index in [0.29, 0.717) is 11.7 Å². The van der Waals surface area contributed by atoms with Gasteiger partial charge in [0, 0.05) is 0 Å². The molecule has 1 atom stereocenters. The average molecular weight is 230 g/mol. The Morgan fingerprint density at radius 1 is 1.29 bits per heavy atom. The smallest absolute Gasteiger partial charge is 0.0991 e. The lowest BCUT2D eigenvalue weighted by Gasteiger charge is -2.17. The van der Waals surface area contributed by atoms with E-state index in [2.05, 4.69) is 18.5 Å². The summed E-state index contributed by atoms with van der Waals surface area (Å²) in [6.07, 6.45) is 5.24. The van der Waals surface area contributed by atoms with Crippen molar-refractivity contribution in [2.75, 3.05) is 0 Å². The number of rotatable bonds is 4. The van der Waals surface area contributed by atoms with Crippen LogP contribution in [0.4, 0.5) is 0 Å². The van der Waals surface area contributed by atoms with E-state index in [0.717, 1.165) is 18.4 Å². The zero-order valence-electron chi connectivity index (χ0n) is 10.1. The molecule has 0 aromatic heterocycles. The van der Waals surface area contributed by atoms with E-state index >= 15 is 0 Å². The minimum absolute atomic E-state index is 0.156. The molecule has 0 aliphatic heterocycles. The Morgan fingerprint density at radius 3 is 2.53 bits per heavy atom. The molecule has 1 unspecified atom stereocenters. The third-order valence-corrected chi connectivity index (χ3v) is 3.25. The van der Waals surface area contributed by atoms with E-state index in [-0.39, 0.29) is 6.04 Å². The van der Waals surface area contributed by atoms with Crippen LogP contribution in [0.1, 0.15) is 49.8 Å². The number of hydrogen-bond donors (Lipinski definition) is 1. The standard InChI is InChI=1S/C14H18N2O/c1-11(16-17-14-4-2-3-5-14)13-8-6-12(10-15)7-9-13/h6-9,11,14,16H,2-5H2,1H3.